The van der Waals surface area contributed by atoms with Crippen molar-refractivity contribution in [3.63, 3.8) is 0 Å². The van der Waals surface area contributed by atoms with E-state index >= 15 is 0 Å². The van der Waals surface area contributed by atoms with Crippen LogP contribution in [0.5, 0.6) is 0 Å². The number of nitrogens with zero attached hydrogens (tertiary/aromatic N) is 2. The van der Waals surface area contributed by atoms with E-state index < -0.39 is 5.91 Å². The molecule has 0 unspecified atom stereocenters. The Balaban J connectivity index is 3.43. The molecule has 1 heterocycles. The number of hydrogen-bond donors (Lipinski definition) is 2. The molecule has 1 rings (SSSR count). The molecule has 5 heteroatoms. The predicted molar refractivity (Wildman–Crippen MR) is 49.2 cm³/mol. The van der Waals surface area contributed by atoms with Gasteiger partial charge in [0.1, 0.15) is 17.1 Å². The van der Waals surface area contributed by atoms with E-state index in [1.807, 2.05) is 0 Å². The zero-order valence-electron chi connectivity index (χ0n) is 7.46. The highest BCUT2D eigenvalue weighted by atomic mass is 16.1. The first-order valence-electron chi connectivity index (χ1n) is 3.63. The molecule has 1 aromatic rings. The first kappa shape index (κ1) is 9.13. The fraction of sp³-hybridized carbons (Fsp3) is 0.250. The summed E-state index contributed by atoms with van der Waals surface area (Å²) in [6, 6.07) is 0. The lowest BCUT2D eigenvalue weighted by molar-refractivity contribution is 0.100. The molecule has 0 saturated heterocycles. The first-order chi connectivity index (χ1) is 6.11. The number of carbonyl (C=O) groups is 1. The van der Waals surface area contributed by atoms with Gasteiger partial charge in [-0.3, -0.25) is 9.48 Å². The second kappa shape index (κ2) is 3.19. The van der Waals surface area contributed by atoms with Crippen molar-refractivity contribution >= 4 is 11.7 Å². The highest BCUT2D eigenvalue weighted by Gasteiger charge is 2.17. The number of carbonyl (C=O) groups excluding carboxylic acids is 1. The summed E-state index contributed by atoms with van der Waals surface area (Å²) in [5, 5.41) is 6.74. The Kier molecular flexibility index (Phi) is 2.24. The zero-order chi connectivity index (χ0) is 10.0. The molecule has 0 saturated carbocycles. The molecule has 0 bridgehead atoms. The number of terminal acetylenes is 1. The minimum Gasteiger partial charge on any atom is -0.373 e. The van der Waals surface area contributed by atoms with Crippen molar-refractivity contribution in [1.82, 2.24) is 9.78 Å². The van der Waals surface area contributed by atoms with Gasteiger partial charge in [-0.25, -0.2) is 0 Å². The van der Waals surface area contributed by atoms with Crippen molar-refractivity contribution in [2.45, 2.75) is 0 Å². The van der Waals surface area contributed by atoms with Gasteiger partial charge in [0.2, 0.25) is 0 Å². The zero-order valence-corrected chi connectivity index (χ0v) is 7.46. The van der Waals surface area contributed by atoms with Crippen LogP contribution in [0.4, 0.5) is 5.82 Å². The fourth-order valence-corrected chi connectivity index (χ4v) is 1.15. The normalized spacial score (nSPS) is 9.31. The number of primary amides is 1. The Morgan fingerprint density at radius 1 is 1.77 bits per heavy atom. The van der Waals surface area contributed by atoms with Crippen LogP contribution in [0.1, 0.15) is 16.1 Å². The van der Waals surface area contributed by atoms with Crippen LogP contribution >= 0.6 is 0 Å². The molecule has 0 aliphatic heterocycles. The van der Waals surface area contributed by atoms with Gasteiger partial charge >= 0.3 is 0 Å². The van der Waals surface area contributed by atoms with E-state index in [4.69, 9.17) is 12.2 Å². The molecule has 1 aromatic heterocycles. The van der Waals surface area contributed by atoms with E-state index in [1.54, 1.807) is 14.1 Å². The third-order valence-electron chi connectivity index (χ3n) is 1.67. The van der Waals surface area contributed by atoms with Gasteiger partial charge in [-0.2, -0.15) is 5.10 Å². The maximum atomic E-state index is 11.0. The Bertz CT molecular complexity index is 386. The van der Waals surface area contributed by atoms with E-state index in [-0.39, 0.29) is 11.3 Å². The summed E-state index contributed by atoms with van der Waals surface area (Å²) in [5.74, 6) is 2.25. The summed E-state index contributed by atoms with van der Waals surface area (Å²) >= 11 is 0. The van der Waals surface area contributed by atoms with Gasteiger partial charge < -0.3 is 11.1 Å². The largest absolute Gasteiger partial charge is 0.373 e. The number of nitrogens with one attached hydrogen (secondary N) is 1. The Morgan fingerprint density at radius 3 is 2.77 bits per heavy atom. The van der Waals surface area contributed by atoms with Gasteiger partial charge in [0.25, 0.3) is 5.91 Å². The van der Waals surface area contributed by atoms with Gasteiger partial charge in [0.05, 0.1) is 0 Å². The topological polar surface area (TPSA) is 72.9 Å². The molecule has 1 amide bonds. The lowest BCUT2D eigenvalue weighted by Crippen LogP contribution is -2.14. The predicted octanol–water partition coefficient (Wildman–Crippen LogP) is -0.458. The number of aromatic nitrogens is 2. The number of aryl methyl sites for hydroxylation is 1. The highest BCUT2D eigenvalue weighted by Crippen LogP contribution is 2.16. The summed E-state index contributed by atoms with van der Waals surface area (Å²) < 4.78 is 1.48. The molecule has 0 aliphatic rings. The van der Waals surface area contributed by atoms with Crippen molar-refractivity contribution < 1.29 is 4.79 Å². The van der Waals surface area contributed by atoms with Crippen LogP contribution in [0.15, 0.2) is 0 Å². The van der Waals surface area contributed by atoms with E-state index in [0.717, 1.165) is 0 Å². The van der Waals surface area contributed by atoms with Crippen molar-refractivity contribution in [3.8, 4) is 12.3 Å². The quantitative estimate of drug-likeness (QED) is 0.602. The first-order valence-corrected chi connectivity index (χ1v) is 3.63. The van der Waals surface area contributed by atoms with Crippen molar-refractivity contribution in [3.05, 3.63) is 11.3 Å². The molecule has 3 N–H and O–H groups in total. The molecular weight excluding hydrogens is 168 g/mol. The SMILES string of the molecule is C#Cc1nn(C)c(NC)c1C(N)=O. The second-order valence-corrected chi connectivity index (χ2v) is 2.45. The van der Waals surface area contributed by atoms with E-state index in [2.05, 4.69) is 16.3 Å². The summed E-state index contributed by atoms with van der Waals surface area (Å²) in [6.45, 7) is 0. The standard InChI is InChI=1S/C8H10N4O/c1-4-5-6(7(9)13)8(10-2)12(3)11-5/h1,10H,2-3H3,(H2,9,13). The third-order valence-corrected chi connectivity index (χ3v) is 1.67. The summed E-state index contributed by atoms with van der Waals surface area (Å²) in [4.78, 5) is 11.0. The van der Waals surface area contributed by atoms with Crippen LogP contribution in [-0.2, 0) is 7.05 Å². The number of amides is 1. The van der Waals surface area contributed by atoms with Crippen LogP contribution in [0.2, 0.25) is 0 Å². The fourth-order valence-electron chi connectivity index (χ4n) is 1.15. The van der Waals surface area contributed by atoms with Crippen LogP contribution in [-0.4, -0.2) is 22.7 Å². The Labute approximate surface area is 75.9 Å². The number of hydrogen-bond acceptors (Lipinski definition) is 3. The minimum absolute atomic E-state index is 0.257. The molecule has 5 nitrogen and oxygen atoms in total. The van der Waals surface area contributed by atoms with Crippen LogP contribution in [0.25, 0.3) is 0 Å². The molecular formula is C8H10N4O. The van der Waals surface area contributed by atoms with Gasteiger partial charge in [0, 0.05) is 14.1 Å². The van der Waals surface area contributed by atoms with Crippen molar-refractivity contribution in [2.75, 3.05) is 12.4 Å². The molecule has 0 radical (unpaired) electrons. The van der Waals surface area contributed by atoms with Crippen molar-refractivity contribution in [1.29, 1.82) is 0 Å². The minimum atomic E-state index is -0.578. The van der Waals surface area contributed by atoms with Crippen molar-refractivity contribution in [2.24, 2.45) is 12.8 Å². The molecule has 13 heavy (non-hydrogen) atoms. The monoisotopic (exact) mass is 178 g/mol. The van der Waals surface area contributed by atoms with E-state index in [1.165, 1.54) is 4.68 Å². The molecule has 0 spiro atoms. The highest BCUT2D eigenvalue weighted by molar-refractivity contribution is 5.99. The number of nitrogens with two attached hydrogens (primary N) is 1. The van der Waals surface area contributed by atoms with Gasteiger partial charge in [-0.15, -0.1) is 6.42 Å². The van der Waals surface area contributed by atoms with Gasteiger partial charge in [0.15, 0.2) is 0 Å². The third kappa shape index (κ3) is 1.34. The second-order valence-electron chi connectivity index (χ2n) is 2.45. The number of rotatable bonds is 2. The Morgan fingerprint density at radius 2 is 2.38 bits per heavy atom. The molecule has 0 fully saturated rings. The molecule has 0 aromatic carbocycles. The summed E-state index contributed by atoms with van der Waals surface area (Å²) in [6.07, 6.45) is 5.16. The average molecular weight is 178 g/mol. The lowest BCUT2D eigenvalue weighted by atomic mass is 10.2. The smallest absolute Gasteiger partial charge is 0.255 e. The molecule has 0 atom stereocenters. The van der Waals surface area contributed by atoms with Crippen LogP contribution in [0, 0.1) is 12.3 Å². The lowest BCUT2D eigenvalue weighted by Gasteiger charge is -2.00. The van der Waals surface area contributed by atoms with Crippen LogP contribution < -0.4 is 11.1 Å². The van der Waals surface area contributed by atoms with E-state index in [9.17, 15) is 4.79 Å². The maximum absolute atomic E-state index is 11.0. The molecule has 68 valence electrons. The molecule has 0 aliphatic carbocycles. The summed E-state index contributed by atoms with van der Waals surface area (Å²) in [7, 11) is 3.35. The Hall–Kier alpha value is -1.96. The average Bonchev–Trinajstić information content (AvgIpc) is 2.41. The van der Waals surface area contributed by atoms with Crippen LogP contribution in [0.3, 0.4) is 0 Å². The van der Waals surface area contributed by atoms with E-state index in [0.29, 0.717) is 5.82 Å². The number of anilines is 1. The van der Waals surface area contributed by atoms with Gasteiger partial charge in [-0.1, -0.05) is 0 Å². The summed E-state index contributed by atoms with van der Waals surface area (Å²) in [5.41, 5.74) is 5.67. The maximum Gasteiger partial charge on any atom is 0.255 e. The van der Waals surface area contributed by atoms with Gasteiger partial charge in [-0.05, 0) is 5.92 Å².